The van der Waals surface area contributed by atoms with E-state index in [0.717, 1.165) is 11.1 Å². The zero-order valence-electron chi connectivity index (χ0n) is 18.9. The zero-order valence-corrected chi connectivity index (χ0v) is 19.7. The Morgan fingerprint density at radius 1 is 1.15 bits per heavy atom. The van der Waals surface area contributed by atoms with E-state index in [1.54, 1.807) is 38.3 Å². The molecule has 9 heteroatoms. The molecule has 0 saturated carbocycles. The predicted molar refractivity (Wildman–Crippen MR) is 126 cm³/mol. The molecule has 8 nitrogen and oxygen atoms in total. The Balaban J connectivity index is 1.68. The highest BCUT2D eigenvalue weighted by molar-refractivity contribution is 6.30. The smallest absolute Gasteiger partial charge is 0.271 e. The van der Waals surface area contributed by atoms with Crippen LogP contribution in [0, 0.1) is 6.92 Å². The van der Waals surface area contributed by atoms with Crippen LogP contribution in [0.5, 0.6) is 17.4 Å². The number of aromatic nitrogens is 2. The Labute approximate surface area is 197 Å². The summed E-state index contributed by atoms with van der Waals surface area (Å²) in [5.74, 6) is 1.04. The number of amides is 1. The van der Waals surface area contributed by atoms with Crippen LogP contribution in [0.15, 0.2) is 53.3 Å². The highest BCUT2D eigenvalue weighted by Gasteiger charge is 2.17. The van der Waals surface area contributed by atoms with Gasteiger partial charge in [0.05, 0.1) is 19.4 Å². The summed E-state index contributed by atoms with van der Waals surface area (Å²) < 4.78 is 17.7. The van der Waals surface area contributed by atoms with Crippen LogP contribution in [0.3, 0.4) is 0 Å². The maximum atomic E-state index is 12.6. The molecule has 1 N–H and O–H groups in total. The molecule has 1 atom stereocenters. The second-order valence-electron chi connectivity index (χ2n) is 7.25. The molecule has 1 aromatic heterocycles. The lowest BCUT2D eigenvalue weighted by atomic mass is 10.2. The number of halogens is 1. The van der Waals surface area contributed by atoms with E-state index in [2.05, 4.69) is 10.4 Å². The van der Waals surface area contributed by atoms with Crippen molar-refractivity contribution in [1.29, 1.82) is 0 Å². The summed E-state index contributed by atoms with van der Waals surface area (Å²) in [6, 6.07) is 13.4. The Kier molecular flexibility index (Phi) is 7.95. The van der Waals surface area contributed by atoms with Crippen molar-refractivity contribution in [2.24, 2.45) is 0 Å². The molecule has 33 heavy (non-hydrogen) atoms. The predicted octanol–water partition coefficient (Wildman–Crippen LogP) is 3.69. The van der Waals surface area contributed by atoms with Gasteiger partial charge in [-0.05, 0) is 56.2 Å². The number of hydrogen-bond donors (Lipinski definition) is 1. The Morgan fingerprint density at radius 3 is 2.67 bits per heavy atom. The van der Waals surface area contributed by atoms with Gasteiger partial charge in [0.15, 0.2) is 17.6 Å². The lowest BCUT2D eigenvalue weighted by Gasteiger charge is -2.16. The van der Waals surface area contributed by atoms with E-state index in [-0.39, 0.29) is 23.9 Å². The van der Waals surface area contributed by atoms with E-state index >= 15 is 0 Å². The maximum Gasteiger partial charge on any atom is 0.271 e. The first kappa shape index (κ1) is 24.1. The number of nitrogens with zero attached hydrogens (tertiary/aromatic N) is 2. The van der Waals surface area contributed by atoms with Crippen LogP contribution in [0.4, 0.5) is 0 Å². The van der Waals surface area contributed by atoms with Crippen LogP contribution in [0.25, 0.3) is 5.69 Å². The van der Waals surface area contributed by atoms with Crippen LogP contribution >= 0.6 is 11.6 Å². The Hall–Kier alpha value is -3.52. The minimum Gasteiger partial charge on any atom is -0.493 e. The molecular weight excluding hydrogens is 446 g/mol. The third-order valence-electron chi connectivity index (χ3n) is 4.84. The number of carbonyl (C=O) groups is 1. The van der Waals surface area contributed by atoms with Crippen LogP contribution in [-0.4, -0.2) is 35.5 Å². The molecule has 0 fully saturated rings. The van der Waals surface area contributed by atoms with Gasteiger partial charge in [-0.2, -0.15) is 4.68 Å². The molecule has 0 unspecified atom stereocenters. The number of hydrogen-bond acceptors (Lipinski definition) is 6. The minimum atomic E-state index is -0.839. The van der Waals surface area contributed by atoms with Gasteiger partial charge in [-0.25, -0.2) is 0 Å². The molecule has 0 aliphatic heterocycles. The van der Waals surface area contributed by atoms with Crippen molar-refractivity contribution in [2.75, 3.05) is 13.7 Å². The van der Waals surface area contributed by atoms with Gasteiger partial charge < -0.3 is 19.5 Å². The average molecular weight is 472 g/mol. The summed E-state index contributed by atoms with van der Waals surface area (Å²) in [5.41, 5.74) is 1.87. The first-order valence-corrected chi connectivity index (χ1v) is 10.8. The van der Waals surface area contributed by atoms with Crippen molar-refractivity contribution in [1.82, 2.24) is 15.1 Å². The summed E-state index contributed by atoms with van der Waals surface area (Å²) in [7, 11) is 1.56. The van der Waals surface area contributed by atoms with Crippen molar-refractivity contribution in [3.05, 3.63) is 75.0 Å². The first-order chi connectivity index (χ1) is 15.8. The third kappa shape index (κ3) is 6.04. The summed E-state index contributed by atoms with van der Waals surface area (Å²) in [4.78, 5) is 24.9. The van der Waals surface area contributed by atoms with E-state index in [1.807, 2.05) is 26.0 Å². The van der Waals surface area contributed by atoms with Crippen molar-refractivity contribution < 1.29 is 19.0 Å². The normalized spacial score (nSPS) is 11.5. The fraction of sp³-hybridized carbons (Fsp3) is 0.292. The van der Waals surface area contributed by atoms with Crippen molar-refractivity contribution >= 4 is 17.5 Å². The lowest BCUT2D eigenvalue weighted by Crippen LogP contribution is -2.36. The van der Waals surface area contributed by atoms with E-state index in [1.165, 1.54) is 16.8 Å². The van der Waals surface area contributed by atoms with Crippen molar-refractivity contribution in [3.63, 3.8) is 0 Å². The molecule has 1 amide bonds. The van der Waals surface area contributed by atoms with Crippen LogP contribution in [0.1, 0.15) is 25.0 Å². The van der Waals surface area contributed by atoms with Gasteiger partial charge >= 0.3 is 0 Å². The standard InChI is InChI=1S/C24H26ClN3O5/c1-5-32-20-9-7-17(12-21(20)31-4)14-26-24(30)16(3)33-22-10-11-23(29)28(27-22)19-13-18(25)8-6-15(19)2/h6-13,16H,5,14H2,1-4H3,(H,26,30)/t16-/m1/s1. The largest absolute Gasteiger partial charge is 0.493 e. The highest BCUT2D eigenvalue weighted by atomic mass is 35.5. The fourth-order valence-electron chi connectivity index (χ4n) is 3.10. The first-order valence-electron chi connectivity index (χ1n) is 10.4. The number of nitrogens with one attached hydrogen (secondary N) is 1. The average Bonchev–Trinajstić information content (AvgIpc) is 2.81. The van der Waals surface area contributed by atoms with Crippen LogP contribution < -0.4 is 25.1 Å². The maximum absolute atomic E-state index is 12.6. The number of rotatable bonds is 9. The molecule has 3 aromatic rings. The van der Waals surface area contributed by atoms with Gasteiger partial charge in [-0.15, -0.1) is 5.10 Å². The topological polar surface area (TPSA) is 91.7 Å². The van der Waals surface area contributed by atoms with Gasteiger partial charge in [0.2, 0.25) is 5.88 Å². The van der Waals surface area contributed by atoms with Gasteiger partial charge in [-0.1, -0.05) is 23.7 Å². The second-order valence-corrected chi connectivity index (χ2v) is 7.68. The van der Waals surface area contributed by atoms with Gasteiger partial charge in [0.1, 0.15) is 0 Å². The lowest BCUT2D eigenvalue weighted by molar-refractivity contribution is -0.127. The SMILES string of the molecule is CCOc1ccc(CNC(=O)[C@@H](C)Oc2ccc(=O)n(-c3cc(Cl)ccc3C)n2)cc1OC. The molecule has 1 heterocycles. The molecule has 0 radical (unpaired) electrons. The van der Waals surface area contributed by atoms with Gasteiger partial charge in [0, 0.05) is 23.7 Å². The Morgan fingerprint density at radius 2 is 1.94 bits per heavy atom. The second kappa shape index (κ2) is 10.9. The molecule has 3 rings (SSSR count). The third-order valence-corrected chi connectivity index (χ3v) is 5.07. The quantitative estimate of drug-likeness (QED) is 0.511. The molecule has 2 aromatic carbocycles. The van der Waals surface area contributed by atoms with E-state index in [0.29, 0.717) is 28.8 Å². The zero-order chi connectivity index (χ0) is 24.0. The van der Waals surface area contributed by atoms with Crippen molar-refractivity contribution in [2.45, 2.75) is 33.4 Å². The fourth-order valence-corrected chi connectivity index (χ4v) is 3.27. The molecule has 0 aliphatic carbocycles. The van der Waals surface area contributed by atoms with Gasteiger partial charge in [-0.3, -0.25) is 9.59 Å². The van der Waals surface area contributed by atoms with E-state index in [9.17, 15) is 9.59 Å². The number of methoxy groups -OCH3 is 1. The summed E-state index contributed by atoms with van der Waals surface area (Å²) in [6.45, 7) is 6.16. The monoisotopic (exact) mass is 471 g/mol. The van der Waals surface area contributed by atoms with E-state index in [4.69, 9.17) is 25.8 Å². The minimum absolute atomic E-state index is 0.138. The molecule has 0 aliphatic rings. The highest BCUT2D eigenvalue weighted by Crippen LogP contribution is 2.28. The number of benzene rings is 2. The van der Waals surface area contributed by atoms with Gasteiger partial charge in [0.25, 0.3) is 11.5 Å². The molecule has 174 valence electrons. The summed E-state index contributed by atoms with van der Waals surface area (Å²) in [5, 5.41) is 7.55. The van der Waals surface area contributed by atoms with Crippen LogP contribution in [0.2, 0.25) is 5.02 Å². The summed E-state index contributed by atoms with van der Waals surface area (Å²) >= 11 is 6.07. The molecule has 0 spiro atoms. The summed E-state index contributed by atoms with van der Waals surface area (Å²) in [6.07, 6.45) is -0.839. The molecular formula is C24H26ClN3O5. The number of ether oxygens (including phenoxy) is 3. The molecule has 0 bridgehead atoms. The molecule has 0 saturated heterocycles. The Bertz CT molecular complexity index is 1190. The van der Waals surface area contributed by atoms with E-state index < -0.39 is 6.10 Å². The van der Waals surface area contributed by atoms with Crippen LogP contribution in [-0.2, 0) is 11.3 Å². The number of aryl methyl sites for hydroxylation is 1. The number of carbonyl (C=O) groups excluding carboxylic acids is 1. The van der Waals surface area contributed by atoms with Crippen molar-refractivity contribution in [3.8, 4) is 23.1 Å².